The first-order valence-corrected chi connectivity index (χ1v) is 6.42. The topological polar surface area (TPSA) is 22.1 Å². The van der Waals surface area contributed by atoms with Crippen molar-refractivity contribution in [1.29, 1.82) is 0 Å². The van der Waals surface area contributed by atoms with Crippen molar-refractivity contribution in [3.63, 3.8) is 0 Å². The molecule has 0 aliphatic rings. The van der Waals surface area contributed by atoms with Crippen LogP contribution in [0.1, 0.15) is 51.3 Å². The predicted octanol–water partition coefficient (Wildman–Crippen LogP) is 3.78. The highest BCUT2D eigenvalue weighted by atomic mass is 16.5. The summed E-state index contributed by atoms with van der Waals surface area (Å²) in [5, 5.41) is 0. The summed E-state index contributed by atoms with van der Waals surface area (Å²) < 4.78 is 5.81. The fraction of sp³-hybridized carbons (Fsp3) is 0.643. The lowest BCUT2D eigenvalue weighted by molar-refractivity contribution is 0.301. The molecule has 0 amide bonds. The lowest BCUT2D eigenvalue weighted by Gasteiger charge is -2.10. The van der Waals surface area contributed by atoms with Gasteiger partial charge in [0.15, 0.2) is 0 Å². The number of ether oxygens (including phenoxy) is 1. The van der Waals surface area contributed by atoms with Crippen molar-refractivity contribution < 1.29 is 4.74 Å². The van der Waals surface area contributed by atoms with Crippen LogP contribution in [0.2, 0.25) is 0 Å². The molecular formula is C14H23NO. The lowest BCUT2D eigenvalue weighted by Crippen LogP contribution is -2.02. The molecule has 0 aliphatic heterocycles. The molecule has 0 aliphatic carbocycles. The number of pyridine rings is 1. The van der Waals surface area contributed by atoms with Crippen LogP contribution in [0, 0.1) is 0 Å². The molecule has 0 atom stereocenters. The summed E-state index contributed by atoms with van der Waals surface area (Å²) in [4.78, 5) is 4.44. The number of hydrogen-bond donors (Lipinski definition) is 0. The highest BCUT2D eigenvalue weighted by Gasteiger charge is 2.04. The average molecular weight is 221 g/mol. The summed E-state index contributed by atoms with van der Waals surface area (Å²) in [7, 11) is 0. The Morgan fingerprint density at radius 3 is 2.56 bits per heavy atom. The van der Waals surface area contributed by atoms with Gasteiger partial charge in [-0.15, -0.1) is 0 Å². The minimum Gasteiger partial charge on any atom is -0.492 e. The van der Waals surface area contributed by atoms with Gasteiger partial charge in [-0.3, -0.25) is 4.98 Å². The summed E-state index contributed by atoms with van der Waals surface area (Å²) in [6, 6.07) is 2.14. The monoisotopic (exact) mass is 221 g/mol. The standard InChI is InChI=1S/C14H23NO/c1-4-7-8-9-16-14-10-12(5-2)11-15-13(14)6-3/h10-11H,4-9H2,1-3H3. The molecule has 0 N–H and O–H groups in total. The number of hydrogen-bond acceptors (Lipinski definition) is 2. The van der Waals surface area contributed by atoms with Crippen LogP contribution in [0.25, 0.3) is 0 Å². The zero-order chi connectivity index (χ0) is 11.8. The van der Waals surface area contributed by atoms with Gasteiger partial charge in [0, 0.05) is 6.20 Å². The maximum atomic E-state index is 5.81. The van der Waals surface area contributed by atoms with Gasteiger partial charge in [0.1, 0.15) is 5.75 Å². The Morgan fingerprint density at radius 1 is 1.12 bits per heavy atom. The molecule has 0 unspecified atom stereocenters. The Labute approximate surface area is 99.0 Å². The molecule has 1 aromatic heterocycles. The molecule has 1 rings (SSSR count). The summed E-state index contributed by atoms with van der Waals surface area (Å²) >= 11 is 0. The van der Waals surface area contributed by atoms with Crippen LogP contribution in [-0.2, 0) is 12.8 Å². The van der Waals surface area contributed by atoms with Crippen molar-refractivity contribution in [2.45, 2.75) is 52.9 Å². The number of unbranched alkanes of at least 4 members (excludes halogenated alkanes) is 2. The molecule has 2 nitrogen and oxygen atoms in total. The third-order valence-electron chi connectivity index (χ3n) is 2.74. The molecule has 0 spiro atoms. The van der Waals surface area contributed by atoms with E-state index in [1.165, 1.54) is 18.4 Å². The van der Waals surface area contributed by atoms with Gasteiger partial charge >= 0.3 is 0 Å². The molecule has 1 aromatic rings. The van der Waals surface area contributed by atoms with E-state index in [0.29, 0.717) is 0 Å². The number of nitrogens with zero attached hydrogens (tertiary/aromatic N) is 1. The quantitative estimate of drug-likeness (QED) is 0.654. The Hall–Kier alpha value is -1.05. The number of aromatic nitrogens is 1. The summed E-state index contributed by atoms with van der Waals surface area (Å²) in [6.07, 6.45) is 7.52. The van der Waals surface area contributed by atoms with Crippen molar-refractivity contribution in [3.8, 4) is 5.75 Å². The van der Waals surface area contributed by atoms with E-state index < -0.39 is 0 Å². The first-order valence-electron chi connectivity index (χ1n) is 6.42. The zero-order valence-corrected chi connectivity index (χ0v) is 10.8. The van der Waals surface area contributed by atoms with Crippen molar-refractivity contribution in [2.24, 2.45) is 0 Å². The highest BCUT2D eigenvalue weighted by Crippen LogP contribution is 2.19. The predicted molar refractivity (Wildman–Crippen MR) is 68.0 cm³/mol. The van der Waals surface area contributed by atoms with Gasteiger partial charge in [-0.05, 0) is 30.9 Å². The molecule has 16 heavy (non-hydrogen) atoms. The fourth-order valence-corrected chi connectivity index (χ4v) is 1.63. The highest BCUT2D eigenvalue weighted by molar-refractivity contribution is 5.31. The van der Waals surface area contributed by atoms with Crippen molar-refractivity contribution in [2.75, 3.05) is 6.61 Å². The minimum absolute atomic E-state index is 0.815. The van der Waals surface area contributed by atoms with E-state index >= 15 is 0 Å². The van der Waals surface area contributed by atoms with Crippen LogP contribution >= 0.6 is 0 Å². The van der Waals surface area contributed by atoms with Crippen LogP contribution in [-0.4, -0.2) is 11.6 Å². The van der Waals surface area contributed by atoms with E-state index in [0.717, 1.165) is 37.3 Å². The lowest BCUT2D eigenvalue weighted by atomic mass is 10.2. The molecular weight excluding hydrogens is 198 g/mol. The zero-order valence-electron chi connectivity index (χ0n) is 10.8. The van der Waals surface area contributed by atoms with Gasteiger partial charge in [0.2, 0.25) is 0 Å². The van der Waals surface area contributed by atoms with Crippen LogP contribution in [0.4, 0.5) is 0 Å². The van der Waals surface area contributed by atoms with Crippen LogP contribution in [0.3, 0.4) is 0 Å². The van der Waals surface area contributed by atoms with Gasteiger partial charge in [0.25, 0.3) is 0 Å². The van der Waals surface area contributed by atoms with Gasteiger partial charge in [-0.25, -0.2) is 0 Å². The van der Waals surface area contributed by atoms with Crippen LogP contribution in [0.15, 0.2) is 12.3 Å². The molecule has 0 saturated heterocycles. The second-order valence-corrected chi connectivity index (χ2v) is 4.05. The SMILES string of the molecule is CCCCCOc1cc(CC)cnc1CC. The summed E-state index contributed by atoms with van der Waals surface area (Å²) in [6.45, 7) is 7.28. The maximum Gasteiger partial charge on any atom is 0.141 e. The number of aryl methyl sites for hydroxylation is 2. The number of rotatable bonds is 7. The van der Waals surface area contributed by atoms with E-state index in [4.69, 9.17) is 4.74 Å². The van der Waals surface area contributed by atoms with E-state index in [-0.39, 0.29) is 0 Å². The van der Waals surface area contributed by atoms with Crippen molar-refractivity contribution in [1.82, 2.24) is 4.98 Å². The van der Waals surface area contributed by atoms with Crippen LogP contribution in [0.5, 0.6) is 5.75 Å². The first-order chi connectivity index (χ1) is 7.81. The van der Waals surface area contributed by atoms with E-state index in [1.807, 2.05) is 6.20 Å². The second-order valence-electron chi connectivity index (χ2n) is 4.05. The molecule has 2 heteroatoms. The van der Waals surface area contributed by atoms with Gasteiger partial charge in [-0.2, -0.15) is 0 Å². The molecule has 0 aromatic carbocycles. The molecule has 90 valence electrons. The third kappa shape index (κ3) is 3.84. The molecule has 0 fully saturated rings. The van der Waals surface area contributed by atoms with Crippen LogP contribution < -0.4 is 4.74 Å². The Kier molecular flexibility index (Phi) is 5.91. The van der Waals surface area contributed by atoms with Gasteiger partial charge < -0.3 is 4.74 Å². The van der Waals surface area contributed by atoms with E-state index in [9.17, 15) is 0 Å². The Bertz CT molecular complexity index is 310. The smallest absolute Gasteiger partial charge is 0.141 e. The second kappa shape index (κ2) is 7.26. The fourth-order valence-electron chi connectivity index (χ4n) is 1.63. The summed E-state index contributed by atoms with van der Waals surface area (Å²) in [5.74, 6) is 0.984. The van der Waals surface area contributed by atoms with E-state index in [2.05, 4.69) is 31.8 Å². The average Bonchev–Trinajstić information content (AvgIpc) is 2.34. The molecule has 1 heterocycles. The largest absolute Gasteiger partial charge is 0.492 e. The van der Waals surface area contributed by atoms with Gasteiger partial charge in [-0.1, -0.05) is 33.6 Å². The third-order valence-corrected chi connectivity index (χ3v) is 2.74. The van der Waals surface area contributed by atoms with Crippen molar-refractivity contribution >= 4 is 0 Å². The first kappa shape index (κ1) is 13.0. The Morgan fingerprint density at radius 2 is 1.94 bits per heavy atom. The normalized spacial score (nSPS) is 10.4. The molecule has 0 radical (unpaired) electrons. The molecule has 0 saturated carbocycles. The van der Waals surface area contributed by atoms with Crippen molar-refractivity contribution in [3.05, 3.63) is 23.5 Å². The molecule has 0 bridgehead atoms. The maximum absolute atomic E-state index is 5.81. The van der Waals surface area contributed by atoms with Gasteiger partial charge in [0.05, 0.1) is 12.3 Å². The summed E-state index contributed by atoms with van der Waals surface area (Å²) in [5.41, 5.74) is 2.33. The minimum atomic E-state index is 0.815. The Balaban J connectivity index is 2.60. The van der Waals surface area contributed by atoms with E-state index in [1.54, 1.807) is 0 Å².